The first-order chi connectivity index (χ1) is 13.8. The van der Waals surface area contributed by atoms with E-state index in [0.29, 0.717) is 23.5 Å². The molecule has 0 spiro atoms. The van der Waals surface area contributed by atoms with Crippen LogP contribution in [0.4, 0.5) is 19.1 Å². The van der Waals surface area contributed by atoms with Gasteiger partial charge in [0.1, 0.15) is 0 Å². The molecular formula is C19H21F3N6O. The van der Waals surface area contributed by atoms with E-state index in [1.165, 1.54) is 17.3 Å². The van der Waals surface area contributed by atoms with Crippen LogP contribution in [0.5, 0.6) is 0 Å². The van der Waals surface area contributed by atoms with E-state index < -0.39 is 23.4 Å². The molecule has 154 valence electrons. The number of hydrogen-bond donors (Lipinski definition) is 3. The number of hydrogen-bond acceptors (Lipinski definition) is 5. The third-order valence-corrected chi connectivity index (χ3v) is 5.05. The number of aromatic amines is 1. The Morgan fingerprint density at radius 2 is 1.93 bits per heavy atom. The number of nitrogens with one attached hydrogen (secondary N) is 1. The van der Waals surface area contributed by atoms with Crippen molar-refractivity contribution in [1.29, 1.82) is 0 Å². The molecule has 5 N–H and O–H groups in total. The molecule has 1 saturated heterocycles. The molecule has 1 aliphatic heterocycles. The van der Waals surface area contributed by atoms with Crippen molar-refractivity contribution in [3.63, 3.8) is 0 Å². The summed E-state index contributed by atoms with van der Waals surface area (Å²) in [5.41, 5.74) is 12.6. The van der Waals surface area contributed by atoms with Gasteiger partial charge in [-0.15, -0.1) is 5.10 Å². The number of anilines is 1. The highest BCUT2D eigenvalue weighted by atomic mass is 19.2. The third-order valence-electron chi connectivity index (χ3n) is 5.05. The average Bonchev–Trinajstić information content (AvgIpc) is 3.26. The number of H-pyrrole nitrogens is 1. The van der Waals surface area contributed by atoms with Crippen LogP contribution in [0.15, 0.2) is 30.1 Å². The molecule has 1 aliphatic rings. The Labute approximate surface area is 165 Å². The summed E-state index contributed by atoms with van der Waals surface area (Å²) in [5, 5.41) is 6.81. The van der Waals surface area contributed by atoms with Gasteiger partial charge in [0, 0.05) is 24.2 Å². The molecule has 10 heteroatoms. The number of carbonyl (C=O) groups excluding carboxylic acids is 1. The maximum Gasteiger partial charge on any atom is 0.251 e. The second-order valence-electron chi connectivity index (χ2n) is 7.02. The molecule has 0 aliphatic carbocycles. The van der Waals surface area contributed by atoms with Gasteiger partial charge in [-0.1, -0.05) is 6.92 Å². The summed E-state index contributed by atoms with van der Waals surface area (Å²) in [5.74, 6) is -4.52. The van der Waals surface area contributed by atoms with Crippen LogP contribution in [-0.2, 0) is 11.2 Å². The third kappa shape index (κ3) is 3.82. The fraction of sp³-hybridized carbons (Fsp3) is 0.316. The second kappa shape index (κ2) is 7.98. The topological polar surface area (TPSA) is 114 Å². The van der Waals surface area contributed by atoms with Gasteiger partial charge in [-0.05, 0) is 48.7 Å². The van der Waals surface area contributed by atoms with E-state index in [1.807, 2.05) is 6.92 Å². The van der Waals surface area contributed by atoms with Gasteiger partial charge in [0.15, 0.2) is 23.3 Å². The molecule has 3 rings (SSSR count). The molecule has 2 atom stereocenters. The maximum absolute atomic E-state index is 13.5. The summed E-state index contributed by atoms with van der Waals surface area (Å²) >= 11 is 0. The molecular weight excluding hydrogens is 385 g/mol. The minimum absolute atomic E-state index is 0.0743. The molecule has 0 saturated carbocycles. The number of amides is 1. The van der Waals surface area contributed by atoms with E-state index in [4.69, 9.17) is 11.5 Å². The molecule has 2 heterocycles. The summed E-state index contributed by atoms with van der Waals surface area (Å²) in [4.78, 5) is 18.6. The van der Waals surface area contributed by atoms with Crippen LogP contribution in [0.3, 0.4) is 0 Å². The summed E-state index contributed by atoms with van der Waals surface area (Å²) < 4.78 is 40.2. The van der Waals surface area contributed by atoms with Gasteiger partial charge in [-0.2, -0.15) is 4.98 Å². The molecule has 2 unspecified atom stereocenters. The first-order valence-electron chi connectivity index (χ1n) is 8.95. The molecule has 29 heavy (non-hydrogen) atoms. The highest BCUT2D eigenvalue weighted by Crippen LogP contribution is 2.31. The number of rotatable bonds is 5. The Kier molecular flexibility index (Phi) is 5.62. The molecule has 0 radical (unpaired) electrons. The summed E-state index contributed by atoms with van der Waals surface area (Å²) in [6.45, 7) is 3.93. The van der Waals surface area contributed by atoms with Crippen molar-refractivity contribution in [2.24, 2.45) is 23.3 Å². The second-order valence-corrected chi connectivity index (χ2v) is 7.02. The zero-order valence-electron chi connectivity index (χ0n) is 15.9. The lowest BCUT2D eigenvalue weighted by atomic mass is 9.90. The summed E-state index contributed by atoms with van der Waals surface area (Å²) in [7, 11) is 0. The Morgan fingerprint density at radius 3 is 2.52 bits per heavy atom. The van der Waals surface area contributed by atoms with Crippen LogP contribution in [0.1, 0.15) is 25.2 Å². The highest BCUT2D eigenvalue weighted by Gasteiger charge is 2.40. The van der Waals surface area contributed by atoms with Crippen LogP contribution in [0.2, 0.25) is 0 Å². The molecule has 1 aromatic heterocycles. The molecule has 1 amide bonds. The smallest absolute Gasteiger partial charge is 0.251 e. The van der Waals surface area contributed by atoms with E-state index in [-0.39, 0.29) is 29.8 Å². The van der Waals surface area contributed by atoms with Crippen molar-refractivity contribution in [2.75, 3.05) is 11.4 Å². The monoisotopic (exact) mass is 406 g/mol. The predicted molar refractivity (Wildman–Crippen MR) is 102 cm³/mol. The van der Waals surface area contributed by atoms with Gasteiger partial charge in [0.25, 0.3) is 5.95 Å². The van der Waals surface area contributed by atoms with Crippen LogP contribution >= 0.6 is 0 Å². The van der Waals surface area contributed by atoms with E-state index >= 15 is 0 Å². The van der Waals surface area contributed by atoms with Crippen molar-refractivity contribution in [3.05, 3.63) is 58.9 Å². The largest absolute Gasteiger partial charge is 0.404 e. The predicted octanol–water partition coefficient (Wildman–Crippen LogP) is 2.23. The number of halogens is 3. The Hall–Kier alpha value is -3.30. The normalized spacial score (nSPS) is 20.6. The van der Waals surface area contributed by atoms with Gasteiger partial charge in [-0.3, -0.25) is 14.8 Å². The first kappa shape index (κ1) is 20.4. The fourth-order valence-electron chi connectivity index (χ4n) is 3.38. The zero-order valence-corrected chi connectivity index (χ0v) is 15.9. The Balaban J connectivity index is 1.82. The lowest BCUT2D eigenvalue weighted by molar-refractivity contribution is -0.120. The SMILES string of the molecule is CC(=C/N)/C(=C\N)c1nc(N2CC(C)C(Cc3cc(F)c(F)c(F)c3)C2=O)n[nH]1. The first-order valence-corrected chi connectivity index (χ1v) is 8.95. The standard InChI is InChI=1S/C19H21F3N6O/c1-9(6-23)13(7-24)17-25-19(27-26-17)28-8-10(2)12(18(28)29)3-11-4-14(20)16(22)15(21)5-11/h4-7,10,12H,3,8,23-24H2,1-2H3,(H,25,26,27)/b9-6-,13-7+. The Bertz CT molecular complexity index is 977. The number of benzene rings is 1. The van der Waals surface area contributed by atoms with Crippen molar-refractivity contribution >= 4 is 17.4 Å². The fourth-order valence-corrected chi connectivity index (χ4v) is 3.38. The van der Waals surface area contributed by atoms with Crippen LogP contribution < -0.4 is 16.4 Å². The summed E-state index contributed by atoms with van der Waals surface area (Å²) in [6, 6.07) is 1.82. The van der Waals surface area contributed by atoms with E-state index in [2.05, 4.69) is 15.2 Å². The minimum atomic E-state index is -1.53. The quantitative estimate of drug-likeness (QED) is 0.520. The van der Waals surface area contributed by atoms with Crippen molar-refractivity contribution in [3.8, 4) is 0 Å². The number of nitrogens with two attached hydrogens (primary N) is 2. The molecule has 1 fully saturated rings. The van der Waals surface area contributed by atoms with Crippen molar-refractivity contribution in [1.82, 2.24) is 15.2 Å². The van der Waals surface area contributed by atoms with Gasteiger partial charge in [-0.25, -0.2) is 13.2 Å². The Morgan fingerprint density at radius 1 is 1.28 bits per heavy atom. The van der Waals surface area contributed by atoms with Crippen LogP contribution in [-0.4, -0.2) is 27.6 Å². The lowest BCUT2D eigenvalue weighted by Gasteiger charge is -2.13. The molecule has 0 bridgehead atoms. The van der Waals surface area contributed by atoms with E-state index in [0.717, 1.165) is 12.1 Å². The lowest BCUT2D eigenvalue weighted by Crippen LogP contribution is -2.28. The molecule has 2 aromatic rings. The van der Waals surface area contributed by atoms with Gasteiger partial charge < -0.3 is 11.5 Å². The van der Waals surface area contributed by atoms with Gasteiger partial charge in [0.2, 0.25) is 5.91 Å². The van der Waals surface area contributed by atoms with Crippen LogP contribution in [0, 0.1) is 29.3 Å². The highest BCUT2D eigenvalue weighted by molar-refractivity contribution is 5.96. The number of carbonyl (C=O) groups is 1. The number of nitrogens with zero attached hydrogens (tertiary/aromatic N) is 3. The average molecular weight is 406 g/mol. The number of aromatic nitrogens is 3. The molecule has 1 aromatic carbocycles. The maximum atomic E-state index is 13.5. The van der Waals surface area contributed by atoms with E-state index in [9.17, 15) is 18.0 Å². The van der Waals surface area contributed by atoms with E-state index in [1.54, 1.807) is 6.92 Å². The van der Waals surface area contributed by atoms with Gasteiger partial charge >= 0.3 is 0 Å². The minimum Gasteiger partial charge on any atom is -0.404 e. The zero-order chi connectivity index (χ0) is 21.3. The van der Waals surface area contributed by atoms with Crippen molar-refractivity contribution in [2.45, 2.75) is 20.3 Å². The summed E-state index contributed by atoms with van der Waals surface area (Å²) in [6.07, 6.45) is 2.78. The van der Waals surface area contributed by atoms with Crippen LogP contribution in [0.25, 0.3) is 5.57 Å². The van der Waals surface area contributed by atoms with Crippen molar-refractivity contribution < 1.29 is 18.0 Å². The number of allylic oxidation sites excluding steroid dienone is 2. The molecule has 7 nitrogen and oxygen atoms in total. The van der Waals surface area contributed by atoms with Gasteiger partial charge in [0.05, 0.1) is 0 Å².